The van der Waals surface area contributed by atoms with Crippen LogP contribution in [0, 0.1) is 5.92 Å². The zero-order chi connectivity index (χ0) is 12.9. The van der Waals surface area contributed by atoms with Crippen LogP contribution in [-0.4, -0.2) is 12.6 Å². The largest absolute Gasteiger partial charge is 0.313 e. The average molecular weight is 294 g/mol. The third-order valence-corrected chi connectivity index (χ3v) is 4.95. The van der Waals surface area contributed by atoms with Gasteiger partial charge in [-0.25, -0.2) is 0 Å². The van der Waals surface area contributed by atoms with Crippen LogP contribution in [0.25, 0.3) is 0 Å². The van der Waals surface area contributed by atoms with Gasteiger partial charge in [-0.2, -0.15) is 0 Å². The fraction of sp³-hybridized carbons (Fsp3) is 0.667. The van der Waals surface area contributed by atoms with Crippen LogP contribution < -0.4 is 5.32 Å². The molecular weight excluding hydrogens is 266 g/mol. The van der Waals surface area contributed by atoms with Crippen LogP contribution in [-0.2, 0) is 0 Å². The molecule has 0 aromatic heterocycles. The Morgan fingerprint density at radius 3 is 2.35 bits per heavy atom. The van der Waals surface area contributed by atoms with Crippen molar-refractivity contribution < 1.29 is 0 Å². The highest BCUT2D eigenvalue weighted by atomic mass is 35.5. The first kappa shape index (κ1) is 15.9. The van der Waals surface area contributed by atoms with E-state index in [9.17, 15) is 0 Å². The average Bonchev–Trinajstić information content (AvgIpc) is 3.24. The lowest BCUT2D eigenvalue weighted by atomic mass is 9.97. The molecule has 0 spiro atoms. The molecule has 0 amide bonds. The summed E-state index contributed by atoms with van der Waals surface area (Å²) in [5.74, 6) is 1.79. The van der Waals surface area contributed by atoms with Crippen molar-refractivity contribution in [3.05, 3.63) is 35.9 Å². The molecule has 0 heterocycles. The molecule has 1 aromatic carbocycles. The quantitative estimate of drug-likeness (QED) is 0.760. The lowest BCUT2D eigenvalue weighted by Crippen LogP contribution is -2.21. The molecule has 0 saturated heterocycles. The maximum absolute atomic E-state index is 3.77. The SMILES string of the molecule is Cl.c1ccc([C@@H]2C[C@H]2NCCC2CCCCCC2)cc1. The highest BCUT2D eigenvalue weighted by Crippen LogP contribution is 2.40. The summed E-state index contributed by atoms with van der Waals surface area (Å²) in [5.41, 5.74) is 1.52. The minimum atomic E-state index is 0. The zero-order valence-corrected chi connectivity index (χ0v) is 13.2. The van der Waals surface area contributed by atoms with Crippen molar-refractivity contribution in [2.24, 2.45) is 5.92 Å². The predicted molar refractivity (Wildman–Crippen MR) is 88.6 cm³/mol. The fourth-order valence-electron chi connectivity index (χ4n) is 3.61. The van der Waals surface area contributed by atoms with E-state index in [1.165, 1.54) is 63.5 Å². The lowest BCUT2D eigenvalue weighted by molar-refractivity contribution is 0.413. The molecule has 0 bridgehead atoms. The van der Waals surface area contributed by atoms with Gasteiger partial charge in [-0.15, -0.1) is 12.4 Å². The molecule has 1 aromatic rings. The molecule has 112 valence electrons. The van der Waals surface area contributed by atoms with E-state index in [2.05, 4.69) is 35.6 Å². The summed E-state index contributed by atoms with van der Waals surface area (Å²) >= 11 is 0. The van der Waals surface area contributed by atoms with Crippen molar-refractivity contribution in [2.75, 3.05) is 6.54 Å². The van der Waals surface area contributed by atoms with Crippen molar-refractivity contribution in [3.63, 3.8) is 0 Å². The third-order valence-electron chi connectivity index (χ3n) is 4.95. The highest BCUT2D eigenvalue weighted by molar-refractivity contribution is 5.85. The molecule has 0 aliphatic heterocycles. The predicted octanol–water partition coefficient (Wildman–Crippen LogP) is 4.91. The standard InChI is InChI=1S/C18H27N.ClH/c1-2-5-9-15(8-4-1)12-13-19-18-14-17(18)16-10-6-3-7-11-16;/h3,6-7,10-11,15,17-19H,1-2,4-5,8-9,12-14H2;1H/t17-,18+;/m0./s1. The number of hydrogen-bond donors (Lipinski definition) is 1. The summed E-state index contributed by atoms with van der Waals surface area (Å²) in [4.78, 5) is 0. The number of halogens is 1. The van der Waals surface area contributed by atoms with E-state index in [-0.39, 0.29) is 12.4 Å². The molecule has 20 heavy (non-hydrogen) atoms. The first-order chi connectivity index (χ1) is 9.43. The van der Waals surface area contributed by atoms with Crippen molar-refractivity contribution in [3.8, 4) is 0 Å². The summed E-state index contributed by atoms with van der Waals surface area (Å²) in [7, 11) is 0. The monoisotopic (exact) mass is 293 g/mol. The Kier molecular flexibility index (Phi) is 6.38. The van der Waals surface area contributed by atoms with Crippen molar-refractivity contribution >= 4 is 12.4 Å². The Morgan fingerprint density at radius 2 is 1.65 bits per heavy atom. The molecule has 1 N–H and O–H groups in total. The maximum atomic E-state index is 3.77. The zero-order valence-electron chi connectivity index (χ0n) is 12.4. The number of nitrogens with one attached hydrogen (secondary N) is 1. The Hall–Kier alpha value is -0.530. The summed E-state index contributed by atoms with van der Waals surface area (Å²) in [6.45, 7) is 1.23. The van der Waals surface area contributed by atoms with Crippen LogP contribution in [0.1, 0.15) is 62.8 Å². The molecule has 2 fully saturated rings. The van der Waals surface area contributed by atoms with E-state index in [0.29, 0.717) is 0 Å². The van der Waals surface area contributed by atoms with Gasteiger partial charge in [-0.1, -0.05) is 68.9 Å². The van der Waals surface area contributed by atoms with Crippen LogP contribution in [0.5, 0.6) is 0 Å². The van der Waals surface area contributed by atoms with Gasteiger partial charge < -0.3 is 5.32 Å². The van der Waals surface area contributed by atoms with Gasteiger partial charge in [0.15, 0.2) is 0 Å². The first-order valence-electron chi connectivity index (χ1n) is 8.22. The number of benzene rings is 1. The van der Waals surface area contributed by atoms with Gasteiger partial charge in [-0.05, 0) is 30.9 Å². The molecular formula is C18H28ClN. The van der Waals surface area contributed by atoms with Crippen molar-refractivity contribution in [1.82, 2.24) is 5.32 Å². The van der Waals surface area contributed by atoms with E-state index in [1.807, 2.05) is 0 Å². The second-order valence-corrected chi connectivity index (χ2v) is 6.46. The highest BCUT2D eigenvalue weighted by Gasteiger charge is 2.37. The second-order valence-electron chi connectivity index (χ2n) is 6.46. The van der Waals surface area contributed by atoms with Crippen LogP contribution in [0.4, 0.5) is 0 Å². The molecule has 0 unspecified atom stereocenters. The smallest absolute Gasteiger partial charge is 0.0143 e. The van der Waals surface area contributed by atoms with Gasteiger partial charge in [0, 0.05) is 12.0 Å². The second kappa shape index (κ2) is 8.05. The van der Waals surface area contributed by atoms with Gasteiger partial charge in [-0.3, -0.25) is 0 Å². The molecule has 0 radical (unpaired) electrons. The van der Waals surface area contributed by atoms with Gasteiger partial charge >= 0.3 is 0 Å². The molecule has 2 aliphatic rings. The van der Waals surface area contributed by atoms with Gasteiger partial charge in [0.2, 0.25) is 0 Å². The summed E-state index contributed by atoms with van der Waals surface area (Å²) in [5, 5.41) is 3.77. The van der Waals surface area contributed by atoms with E-state index in [0.717, 1.165) is 17.9 Å². The van der Waals surface area contributed by atoms with E-state index in [4.69, 9.17) is 0 Å². The van der Waals surface area contributed by atoms with E-state index >= 15 is 0 Å². The Balaban J connectivity index is 0.00000147. The van der Waals surface area contributed by atoms with Crippen LogP contribution in [0.15, 0.2) is 30.3 Å². The summed E-state index contributed by atoms with van der Waals surface area (Å²) in [6, 6.07) is 11.7. The van der Waals surface area contributed by atoms with Crippen LogP contribution in [0.2, 0.25) is 0 Å². The molecule has 2 aliphatic carbocycles. The lowest BCUT2D eigenvalue weighted by Gasteiger charge is -2.14. The summed E-state index contributed by atoms with van der Waals surface area (Å²) < 4.78 is 0. The third kappa shape index (κ3) is 4.49. The molecule has 3 rings (SSSR count). The molecule has 2 atom stereocenters. The van der Waals surface area contributed by atoms with E-state index < -0.39 is 0 Å². The van der Waals surface area contributed by atoms with E-state index in [1.54, 1.807) is 0 Å². The number of hydrogen-bond acceptors (Lipinski definition) is 1. The minimum Gasteiger partial charge on any atom is -0.313 e. The van der Waals surface area contributed by atoms with Gasteiger partial charge in [0.25, 0.3) is 0 Å². The molecule has 2 saturated carbocycles. The van der Waals surface area contributed by atoms with Crippen LogP contribution >= 0.6 is 12.4 Å². The minimum absolute atomic E-state index is 0. The first-order valence-corrected chi connectivity index (χ1v) is 8.22. The Morgan fingerprint density at radius 1 is 0.950 bits per heavy atom. The fourth-order valence-corrected chi connectivity index (χ4v) is 3.61. The van der Waals surface area contributed by atoms with Crippen molar-refractivity contribution in [2.45, 2.75) is 63.3 Å². The molecule has 1 nitrogen and oxygen atoms in total. The maximum Gasteiger partial charge on any atom is 0.0143 e. The van der Waals surface area contributed by atoms with Gasteiger partial charge in [0.1, 0.15) is 0 Å². The molecule has 2 heteroatoms. The Labute approximate surface area is 130 Å². The number of rotatable bonds is 5. The van der Waals surface area contributed by atoms with Gasteiger partial charge in [0.05, 0.1) is 0 Å². The normalized spacial score (nSPS) is 26.6. The Bertz CT molecular complexity index is 370. The summed E-state index contributed by atoms with van der Waals surface area (Å²) in [6.07, 6.45) is 11.6. The topological polar surface area (TPSA) is 12.0 Å². The van der Waals surface area contributed by atoms with Crippen molar-refractivity contribution in [1.29, 1.82) is 0 Å². The van der Waals surface area contributed by atoms with Crippen LogP contribution in [0.3, 0.4) is 0 Å².